The summed E-state index contributed by atoms with van der Waals surface area (Å²) in [5.41, 5.74) is 0. The lowest BCUT2D eigenvalue weighted by atomic mass is 9.87. The molecule has 14 heavy (non-hydrogen) atoms. The molecule has 0 amide bonds. The first-order valence-electron chi connectivity index (χ1n) is 5.97. The molecule has 0 aromatic carbocycles. The first kappa shape index (κ1) is 13.7. The summed E-state index contributed by atoms with van der Waals surface area (Å²) in [4.78, 5) is 0. The van der Waals surface area contributed by atoms with Gasteiger partial charge >= 0.3 is 0 Å². The normalized spacial score (nSPS) is 15.5. The number of hydrogen-bond donors (Lipinski definition) is 1. The molecule has 0 bridgehead atoms. The summed E-state index contributed by atoms with van der Waals surface area (Å²) in [7, 11) is 0. The predicted molar refractivity (Wildman–Crippen MR) is 65.5 cm³/mol. The molecule has 0 radical (unpaired) electrons. The third-order valence-corrected chi connectivity index (χ3v) is 3.02. The third kappa shape index (κ3) is 5.43. The Labute approximate surface area is 90.0 Å². The molecule has 0 saturated heterocycles. The van der Waals surface area contributed by atoms with Gasteiger partial charge in [-0.2, -0.15) is 0 Å². The largest absolute Gasteiger partial charge is 0.314 e. The van der Waals surface area contributed by atoms with E-state index in [1.165, 1.54) is 12.8 Å². The Hall–Kier alpha value is -0.300. The topological polar surface area (TPSA) is 12.0 Å². The van der Waals surface area contributed by atoms with Gasteiger partial charge in [-0.25, -0.2) is 0 Å². The van der Waals surface area contributed by atoms with E-state index in [-0.39, 0.29) is 0 Å². The van der Waals surface area contributed by atoms with Crippen molar-refractivity contribution in [3.63, 3.8) is 0 Å². The van der Waals surface area contributed by atoms with Crippen LogP contribution in [-0.2, 0) is 0 Å². The zero-order valence-electron chi connectivity index (χ0n) is 10.3. The third-order valence-electron chi connectivity index (χ3n) is 3.02. The van der Waals surface area contributed by atoms with Crippen LogP contribution in [0.25, 0.3) is 0 Å². The Kier molecular flexibility index (Phi) is 7.87. The quantitative estimate of drug-likeness (QED) is 0.586. The Balaban J connectivity index is 4.00. The van der Waals surface area contributed by atoms with E-state index in [4.69, 9.17) is 0 Å². The summed E-state index contributed by atoms with van der Waals surface area (Å²) in [5, 5.41) is 3.64. The minimum absolute atomic E-state index is 0.660. The van der Waals surface area contributed by atoms with Crippen LogP contribution in [0.4, 0.5) is 0 Å². The van der Waals surface area contributed by atoms with E-state index in [2.05, 4.69) is 39.6 Å². The van der Waals surface area contributed by atoms with E-state index in [9.17, 15) is 0 Å². The Morgan fingerprint density at radius 1 is 1.29 bits per heavy atom. The van der Waals surface area contributed by atoms with Crippen LogP contribution in [0.15, 0.2) is 12.7 Å². The highest BCUT2D eigenvalue weighted by molar-refractivity contribution is 4.79. The summed E-state index contributed by atoms with van der Waals surface area (Å²) in [6, 6.07) is 0.660. The number of hydrogen-bond acceptors (Lipinski definition) is 1. The minimum Gasteiger partial charge on any atom is -0.314 e. The van der Waals surface area contributed by atoms with Gasteiger partial charge in [0.1, 0.15) is 0 Å². The molecular formula is C13H27N. The molecule has 2 atom stereocenters. The maximum absolute atomic E-state index is 3.79. The SMILES string of the molecule is C=CCCC(NCCC)C(C)C(C)C. The van der Waals surface area contributed by atoms with Gasteiger partial charge in [0, 0.05) is 6.04 Å². The van der Waals surface area contributed by atoms with E-state index in [1.54, 1.807) is 0 Å². The Morgan fingerprint density at radius 3 is 2.36 bits per heavy atom. The zero-order valence-corrected chi connectivity index (χ0v) is 10.3. The Morgan fingerprint density at radius 2 is 1.93 bits per heavy atom. The van der Waals surface area contributed by atoms with Crippen molar-refractivity contribution in [2.45, 2.75) is 53.0 Å². The van der Waals surface area contributed by atoms with Gasteiger partial charge in [0.2, 0.25) is 0 Å². The van der Waals surface area contributed by atoms with Gasteiger partial charge in [0.05, 0.1) is 0 Å². The molecule has 0 aliphatic rings. The molecule has 84 valence electrons. The fourth-order valence-electron chi connectivity index (χ4n) is 1.64. The summed E-state index contributed by atoms with van der Waals surface area (Å²) in [5.74, 6) is 1.51. The van der Waals surface area contributed by atoms with Crippen molar-refractivity contribution in [3.05, 3.63) is 12.7 Å². The lowest BCUT2D eigenvalue weighted by Gasteiger charge is -2.27. The molecule has 0 aliphatic carbocycles. The molecule has 1 heteroatoms. The van der Waals surface area contributed by atoms with E-state index in [1.807, 2.05) is 6.08 Å². The summed E-state index contributed by atoms with van der Waals surface area (Å²) in [6.45, 7) is 14.1. The van der Waals surface area contributed by atoms with Crippen LogP contribution in [0.3, 0.4) is 0 Å². The van der Waals surface area contributed by atoms with Crippen molar-refractivity contribution in [3.8, 4) is 0 Å². The molecule has 0 heterocycles. The van der Waals surface area contributed by atoms with Crippen LogP contribution in [-0.4, -0.2) is 12.6 Å². The Bertz CT molecular complexity index is 140. The van der Waals surface area contributed by atoms with E-state index >= 15 is 0 Å². The maximum Gasteiger partial charge on any atom is 0.00980 e. The molecule has 1 nitrogen and oxygen atoms in total. The summed E-state index contributed by atoms with van der Waals surface area (Å²) < 4.78 is 0. The standard InChI is InChI=1S/C13H27N/c1-6-8-9-13(14-10-7-2)12(5)11(3)4/h6,11-14H,1,7-10H2,2-5H3. The van der Waals surface area contributed by atoms with Gasteiger partial charge < -0.3 is 5.32 Å². The average molecular weight is 197 g/mol. The number of allylic oxidation sites excluding steroid dienone is 1. The second kappa shape index (κ2) is 8.05. The fraction of sp³-hybridized carbons (Fsp3) is 0.846. The smallest absolute Gasteiger partial charge is 0.00980 e. The molecular weight excluding hydrogens is 170 g/mol. The van der Waals surface area contributed by atoms with E-state index in [0.717, 1.165) is 24.8 Å². The molecule has 0 spiro atoms. The van der Waals surface area contributed by atoms with Gasteiger partial charge in [-0.15, -0.1) is 6.58 Å². The lowest BCUT2D eigenvalue weighted by molar-refractivity contribution is 0.287. The van der Waals surface area contributed by atoms with Crippen LogP contribution >= 0.6 is 0 Å². The summed E-state index contributed by atoms with van der Waals surface area (Å²) in [6.07, 6.45) is 5.59. The number of rotatable bonds is 8. The first-order valence-corrected chi connectivity index (χ1v) is 5.97. The minimum atomic E-state index is 0.660. The molecule has 1 N–H and O–H groups in total. The van der Waals surface area contributed by atoms with Crippen LogP contribution in [0.2, 0.25) is 0 Å². The number of nitrogens with one attached hydrogen (secondary N) is 1. The zero-order chi connectivity index (χ0) is 11.0. The van der Waals surface area contributed by atoms with Crippen molar-refractivity contribution >= 4 is 0 Å². The van der Waals surface area contributed by atoms with Crippen molar-refractivity contribution < 1.29 is 0 Å². The highest BCUT2D eigenvalue weighted by atomic mass is 14.9. The van der Waals surface area contributed by atoms with Crippen LogP contribution in [0.1, 0.15) is 47.0 Å². The highest BCUT2D eigenvalue weighted by Gasteiger charge is 2.18. The van der Waals surface area contributed by atoms with Gasteiger partial charge in [-0.1, -0.05) is 33.8 Å². The second-order valence-corrected chi connectivity index (χ2v) is 4.53. The molecule has 0 fully saturated rings. The molecule has 0 rings (SSSR count). The van der Waals surface area contributed by atoms with Crippen molar-refractivity contribution in [2.24, 2.45) is 11.8 Å². The highest BCUT2D eigenvalue weighted by Crippen LogP contribution is 2.18. The monoisotopic (exact) mass is 197 g/mol. The van der Waals surface area contributed by atoms with Gasteiger partial charge in [0.15, 0.2) is 0 Å². The maximum atomic E-state index is 3.79. The van der Waals surface area contributed by atoms with Crippen LogP contribution < -0.4 is 5.32 Å². The second-order valence-electron chi connectivity index (χ2n) is 4.53. The van der Waals surface area contributed by atoms with Gasteiger partial charge in [-0.3, -0.25) is 0 Å². The molecule has 0 aromatic heterocycles. The molecule has 2 unspecified atom stereocenters. The van der Waals surface area contributed by atoms with Crippen LogP contribution in [0, 0.1) is 11.8 Å². The molecule has 0 saturated carbocycles. The first-order chi connectivity index (χ1) is 6.63. The van der Waals surface area contributed by atoms with Gasteiger partial charge in [0.25, 0.3) is 0 Å². The van der Waals surface area contributed by atoms with E-state index in [0.29, 0.717) is 6.04 Å². The molecule has 0 aromatic rings. The van der Waals surface area contributed by atoms with E-state index < -0.39 is 0 Å². The lowest BCUT2D eigenvalue weighted by Crippen LogP contribution is -2.37. The van der Waals surface area contributed by atoms with Crippen molar-refractivity contribution in [2.75, 3.05) is 6.54 Å². The van der Waals surface area contributed by atoms with Gasteiger partial charge in [-0.05, 0) is 37.6 Å². The molecule has 0 aliphatic heterocycles. The van der Waals surface area contributed by atoms with Crippen LogP contribution in [0.5, 0.6) is 0 Å². The van der Waals surface area contributed by atoms with Crippen molar-refractivity contribution in [1.82, 2.24) is 5.32 Å². The fourth-order valence-corrected chi connectivity index (χ4v) is 1.64. The summed E-state index contributed by atoms with van der Waals surface area (Å²) >= 11 is 0. The average Bonchev–Trinajstić information content (AvgIpc) is 2.17. The van der Waals surface area contributed by atoms with Crippen molar-refractivity contribution in [1.29, 1.82) is 0 Å². The predicted octanol–water partition coefficient (Wildman–Crippen LogP) is 3.61.